The zero-order valence-corrected chi connectivity index (χ0v) is 12.4. The Balaban J connectivity index is 2.42. The Bertz CT molecular complexity index is 459. The molecule has 21 heavy (non-hydrogen) atoms. The lowest BCUT2D eigenvalue weighted by molar-refractivity contribution is -0.139. The molecule has 1 rings (SSSR count). The van der Waals surface area contributed by atoms with Crippen LogP contribution < -0.4 is 10.6 Å². The second kappa shape index (κ2) is 8.97. The van der Waals surface area contributed by atoms with Gasteiger partial charge in [0.15, 0.2) is 0 Å². The highest BCUT2D eigenvalue weighted by Crippen LogP contribution is 2.04. The molecule has 0 bridgehead atoms. The fourth-order valence-electron chi connectivity index (χ4n) is 1.78. The van der Waals surface area contributed by atoms with E-state index < -0.39 is 18.0 Å². The van der Waals surface area contributed by atoms with E-state index in [1.807, 2.05) is 24.3 Å². The molecule has 1 aromatic carbocycles. The van der Waals surface area contributed by atoms with Gasteiger partial charge in [0.1, 0.15) is 6.04 Å². The predicted molar refractivity (Wildman–Crippen MR) is 79.1 cm³/mol. The van der Waals surface area contributed by atoms with Gasteiger partial charge in [-0.2, -0.15) is 0 Å². The number of methoxy groups -OCH3 is 1. The van der Waals surface area contributed by atoms with E-state index in [0.29, 0.717) is 6.54 Å². The smallest absolute Gasteiger partial charge is 0.326 e. The standard InChI is InChI=1S/C15H22N2O4/c1-3-11-4-6-12(7-5-11)10-16-15(20)17-13(14(18)19)8-9-21-2/h4-7,13H,3,8-10H2,1-2H3,(H,18,19)(H2,16,17,20). The summed E-state index contributed by atoms with van der Waals surface area (Å²) in [4.78, 5) is 22.7. The third-order valence-electron chi connectivity index (χ3n) is 3.10. The highest BCUT2D eigenvalue weighted by atomic mass is 16.5. The minimum absolute atomic E-state index is 0.227. The van der Waals surface area contributed by atoms with Crippen LogP contribution in [0.4, 0.5) is 4.79 Å². The lowest BCUT2D eigenvalue weighted by Gasteiger charge is -2.14. The number of aryl methyl sites for hydroxylation is 1. The van der Waals surface area contributed by atoms with E-state index in [1.54, 1.807) is 0 Å². The van der Waals surface area contributed by atoms with Crippen LogP contribution in [0.2, 0.25) is 0 Å². The van der Waals surface area contributed by atoms with Crippen LogP contribution in [0, 0.1) is 0 Å². The van der Waals surface area contributed by atoms with Crippen molar-refractivity contribution in [3.05, 3.63) is 35.4 Å². The van der Waals surface area contributed by atoms with E-state index in [2.05, 4.69) is 17.6 Å². The fourth-order valence-corrected chi connectivity index (χ4v) is 1.78. The number of hydrogen-bond acceptors (Lipinski definition) is 3. The molecule has 2 amide bonds. The van der Waals surface area contributed by atoms with Gasteiger partial charge < -0.3 is 20.5 Å². The molecule has 1 aromatic rings. The second-order valence-corrected chi connectivity index (χ2v) is 4.67. The van der Waals surface area contributed by atoms with Crippen molar-refractivity contribution in [2.45, 2.75) is 32.4 Å². The average molecular weight is 294 g/mol. The van der Waals surface area contributed by atoms with Gasteiger partial charge in [-0.15, -0.1) is 0 Å². The summed E-state index contributed by atoms with van der Waals surface area (Å²) in [5, 5.41) is 14.1. The quantitative estimate of drug-likeness (QED) is 0.678. The molecular weight excluding hydrogens is 272 g/mol. The van der Waals surface area contributed by atoms with E-state index >= 15 is 0 Å². The number of urea groups is 1. The van der Waals surface area contributed by atoms with Gasteiger partial charge in [0.05, 0.1) is 0 Å². The molecule has 0 radical (unpaired) electrons. The highest BCUT2D eigenvalue weighted by Gasteiger charge is 2.19. The van der Waals surface area contributed by atoms with Crippen molar-refractivity contribution in [3.63, 3.8) is 0 Å². The maximum absolute atomic E-state index is 11.7. The third kappa shape index (κ3) is 6.27. The Labute approximate surface area is 124 Å². The largest absolute Gasteiger partial charge is 0.480 e. The van der Waals surface area contributed by atoms with Crippen molar-refractivity contribution in [2.75, 3.05) is 13.7 Å². The average Bonchev–Trinajstić information content (AvgIpc) is 2.49. The molecule has 6 heteroatoms. The molecule has 116 valence electrons. The maximum Gasteiger partial charge on any atom is 0.326 e. The summed E-state index contributed by atoms with van der Waals surface area (Å²) in [5.41, 5.74) is 2.19. The summed E-state index contributed by atoms with van der Waals surface area (Å²) in [7, 11) is 1.49. The lowest BCUT2D eigenvalue weighted by atomic mass is 10.1. The molecule has 0 saturated heterocycles. The lowest BCUT2D eigenvalue weighted by Crippen LogP contribution is -2.46. The van der Waals surface area contributed by atoms with Crippen LogP contribution in [-0.2, 0) is 22.5 Å². The van der Waals surface area contributed by atoms with E-state index in [0.717, 1.165) is 12.0 Å². The zero-order valence-electron chi connectivity index (χ0n) is 12.4. The summed E-state index contributed by atoms with van der Waals surface area (Å²) >= 11 is 0. The Morgan fingerprint density at radius 2 is 1.86 bits per heavy atom. The van der Waals surface area contributed by atoms with Crippen molar-refractivity contribution >= 4 is 12.0 Å². The van der Waals surface area contributed by atoms with Gasteiger partial charge >= 0.3 is 12.0 Å². The molecule has 0 fully saturated rings. The first kappa shape index (κ1) is 17.0. The molecule has 0 aromatic heterocycles. The molecule has 0 aliphatic carbocycles. The first-order valence-electron chi connectivity index (χ1n) is 6.90. The van der Waals surface area contributed by atoms with E-state index in [-0.39, 0.29) is 13.0 Å². The van der Waals surface area contributed by atoms with Crippen LogP contribution in [0.1, 0.15) is 24.5 Å². The molecule has 3 N–H and O–H groups in total. The van der Waals surface area contributed by atoms with Gasteiger partial charge in [-0.25, -0.2) is 9.59 Å². The summed E-state index contributed by atoms with van der Waals surface area (Å²) in [6.07, 6.45) is 1.19. The second-order valence-electron chi connectivity index (χ2n) is 4.67. The highest BCUT2D eigenvalue weighted by molar-refractivity contribution is 5.82. The number of carbonyl (C=O) groups excluding carboxylic acids is 1. The monoisotopic (exact) mass is 294 g/mol. The van der Waals surface area contributed by atoms with E-state index in [9.17, 15) is 9.59 Å². The summed E-state index contributed by atoms with van der Waals surface area (Å²) < 4.78 is 4.82. The summed E-state index contributed by atoms with van der Waals surface area (Å²) in [5.74, 6) is -1.07. The molecule has 0 aliphatic heterocycles. The third-order valence-corrected chi connectivity index (χ3v) is 3.10. The number of aliphatic carboxylic acids is 1. The first-order chi connectivity index (χ1) is 10.1. The molecule has 6 nitrogen and oxygen atoms in total. The number of nitrogens with one attached hydrogen (secondary N) is 2. The zero-order chi connectivity index (χ0) is 15.7. The van der Waals surface area contributed by atoms with Crippen LogP contribution in [0.3, 0.4) is 0 Å². The van der Waals surface area contributed by atoms with Crippen LogP contribution in [0.15, 0.2) is 24.3 Å². The number of benzene rings is 1. The molecule has 0 aliphatic rings. The van der Waals surface area contributed by atoms with Crippen LogP contribution in [-0.4, -0.2) is 36.9 Å². The predicted octanol–water partition coefficient (Wildman–Crippen LogP) is 1.54. The van der Waals surface area contributed by atoms with Gasteiger partial charge in [0, 0.05) is 26.7 Å². The van der Waals surface area contributed by atoms with Crippen molar-refractivity contribution in [1.82, 2.24) is 10.6 Å². The number of amides is 2. The number of ether oxygens (including phenoxy) is 1. The Hall–Kier alpha value is -2.08. The van der Waals surface area contributed by atoms with Crippen molar-refractivity contribution in [3.8, 4) is 0 Å². The SMILES string of the molecule is CCc1ccc(CNC(=O)NC(CCOC)C(=O)O)cc1. The first-order valence-corrected chi connectivity index (χ1v) is 6.90. The molecule has 0 spiro atoms. The molecule has 1 unspecified atom stereocenters. The van der Waals surface area contributed by atoms with Gasteiger partial charge in [0.2, 0.25) is 0 Å². The fraction of sp³-hybridized carbons (Fsp3) is 0.467. The number of carboxylic acids is 1. The van der Waals surface area contributed by atoms with Crippen LogP contribution in [0.25, 0.3) is 0 Å². The minimum Gasteiger partial charge on any atom is -0.480 e. The Morgan fingerprint density at radius 1 is 1.24 bits per heavy atom. The van der Waals surface area contributed by atoms with Crippen molar-refractivity contribution in [2.24, 2.45) is 0 Å². The van der Waals surface area contributed by atoms with Crippen molar-refractivity contribution in [1.29, 1.82) is 0 Å². The van der Waals surface area contributed by atoms with Crippen LogP contribution in [0.5, 0.6) is 0 Å². The van der Waals surface area contributed by atoms with Gasteiger partial charge in [-0.3, -0.25) is 0 Å². The molecule has 1 atom stereocenters. The number of carbonyl (C=O) groups is 2. The Kier molecular flexibility index (Phi) is 7.25. The normalized spacial score (nSPS) is 11.7. The number of rotatable bonds is 8. The topological polar surface area (TPSA) is 87.7 Å². The van der Waals surface area contributed by atoms with Gasteiger partial charge in [0.25, 0.3) is 0 Å². The van der Waals surface area contributed by atoms with Crippen molar-refractivity contribution < 1.29 is 19.4 Å². The van der Waals surface area contributed by atoms with Gasteiger partial charge in [-0.05, 0) is 17.5 Å². The van der Waals surface area contributed by atoms with E-state index in [4.69, 9.17) is 9.84 Å². The number of carboxylic acid groups (broad SMARTS) is 1. The number of hydrogen-bond donors (Lipinski definition) is 3. The Morgan fingerprint density at radius 3 is 2.38 bits per heavy atom. The summed E-state index contributed by atoms with van der Waals surface area (Å²) in [6, 6.07) is 6.45. The van der Waals surface area contributed by atoms with E-state index in [1.165, 1.54) is 12.7 Å². The molecule has 0 heterocycles. The molecular formula is C15H22N2O4. The van der Waals surface area contributed by atoms with Crippen LogP contribution >= 0.6 is 0 Å². The minimum atomic E-state index is -1.07. The van der Waals surface area contributed by atoms with Gasteiger partial charge in [-0.1, -0.05) is 31.2 Å². The maximum atomic E-state index is 11.7. The summed E-state index contributed by atoms with van der Waals surface area (Å²) in [6.45, 7) is 2.70. The molecule has 0 saturated carbocycles.